The molecule has 0 radical (unpaired) electrons. The average molecular weight is 189 g/mol. The molecule has 70 valence electrons. The Morgan fingerprint density at radius 1 is 1.21 bits per heavy atom. The first-order chi connectivity index (χ1) is 6.81. The van der Waals surface area contributed by atoms with Crippen molar-refractivity contribution >= 4 is 17.0 Å². The first kappa shape index (κ1) is 8.55. The third kappa shape index (κ3) is 1.39. The van der Waals surface area contributed by atoms with Crippen LogP contribution in [0.3, 0.4) is 0 Å². The number of aromatic nitrogens is 3. The first-order valence-electron chi connectivity index (χ1n) is 3.99. The van der Waals surface area contributed by atoms with Crippen molar-refractivity contribution in [1.82, 2.24) is 15.2 Å². The summed E-state index contributed by atoms with van der Waals surface area (Å²) in [7, 11) is 1.28. The summed E-state index contributed by atoms with van der Waals surface area (Å²) in [5, 5.41) is 7.48. The molecule has 5 heteroatoms. The molecule has 0 saturated carbocycles. The topological polar surface area (TPSA) is 65.0 Å². The van der Waals surface area contributed by atoms with Gasteiger partial charge >= 0.3 is 5.97 Å². The highest BCUT2D eigenvalue weighted by Gasteiger charge is 2.10. The third-order valence-electron chi connectivity index (χ3n) is 1.73. The number of carbonyl (C=O) groups excluding carboxylic acids is 1. The zero-order chi connectivity index (χ0) is 9.97. The molecule has 2 rings (SSSR count). The van der Waals surface area contributed by atoms with E-state index in [-0.39, 0.29) is 5.82 Å². The lowest BCUT2D eigenvalue weighted by Crippen LogP contribution is -2.08. The molecule has 0 saturated heterocycles. The molecule has 0 aliphatic heterocycles. The smallest absolute Gasteiger partial charge is 0.378 e. The predicted octanol–water partition coefficient (Wildman–Crippen LogP) is 0.811. The van der Waals surface area contributed by atoms with Crippen molar-refractivity contribution in [3.8, 4) is 0 Å². The molecule has 0 fully saturated rings. The van der Waals surface area contributed by atoms with Gasteiger partial charge in [-0.2, -0.15) is 0 Å². The number of para-hydroxylation sites is 1. The van der Waals surface area contributed by atoms with Crippen molar-refractivity contribution < 1.29 is 9.53 Å². The van der Waals surface area contributed by atoms with E-state index < -0.39 is 5.97 Å². The molecule has 0 spiro atoms. The summed E-state index contributed by atoms with van der Waals surface area (Å²) in [6, 6.07) is 7.18. The molecule has 14 heavy (non-hydrogen) atoms. The summed E-state index contributed by atoms with van der Waals surface area (Å²) in [6.07, 6.45) is 0. The van der Waals surface area contributed by atoms with E-state index in [4.69, 9.17) is 0 Å². The van der Waals surface area contributed by atoms with Crippen LogP contribution in [0.2, 0.25) is 0 Å². The number of rotatable bonds is 1. The van der Waals surface area contributed by atoms with Crippen LogP contribution in [0.25, 0.3) is 11.0 Å². The summed E-state index contributed by atoms with van der Waals surface area (Å²) in [5.41, 5.74) is 1.28. The van der Waals surface area contributed by atoms with Crippen molar-refractivity contribution in [2.45, 2.75) is 0 Å². The molecule has 0 aliphatic carbocycles. The van der Waals surface area contributed by atoms with Gasteiger partial charge in [0.1, 0.15) is 5.52 Å². The minimum atomic E-state index is -0.580. The Kier molecular flexibility index (Phi) is 2.06. The second-order valence-corrected chi connectivity index (χ2v) is 2.62. The van der Waals surface area contributed by atoms with Crippen LogP contribution in [-0.2, 0) is 4.74 Å². The fraction of sp³-hybridized carbons (Fsp3) is 0.111. The van der Waals surface area contributed by atoms with E-state index in [0.29, 0.717) is 11.0 Å². The average Bonchev–Trinajstić information content (AvgIpc) is 2.27. The summed E-state index contributed by atoms with van der Waals surface area (Å²) < 4.78 is 4.48. The highest BCUT2D eigenvalue weighted by molar-refractivity contribution is 5.87. The van der Waals surface area contributed by atoms with Gasteiger partial charge in [-0.15, -0.1) is 10.2 Å². The van der Waals surface area contributed by atoms with Crippen LogP contribution in [0, 0.1) is 0 Å². The van der Waals surface area contributed by atoms with Gasteiger partial charge < -0.3 is 4.74 Å². The van der Waals surface area contributed by atoms with Crippen LogP contribution in [-0.4, -0.2) is 28.3 Å². The number of hydrogen-bond donors (Lipinski definition) is 0. The highest BCUT2D eigenvalue weighted by Crippen LogP contribution is 2.06. The molecule has 0 bridgehead atoms. The lowest BCUT2D eigenvalue weighted by atomic mass is 10.3. The third-order valence-corrected chi connectivity index (χ3v) is 1.73. The maximum Gasteiger partial charge on any atom is 0.378 e. The standard InChI is InChI=1S/C9H7N3O2/c1-14-9(13)8-10-6-4-2-3-5-7(6)11-12-8/h2-5H,1H3. The number of benzene rings is 1. The Morgan fingerprint density at radius 2 is 1.93 bits per heavy atom. The van der Waals surface area contributed by atoms with E-state index in [1.165, 1.54) is 7.11 Å². The molecule has 0 amide bonds. The van der Waals surface area contributed by atoms with Gasteiger partial charge in [-0.3, -0.25) is 0 Å². The largest absolute Gasteiger partial charge is 0.463 e. The van der Waals surface area contributed by atoms with Crippen molar-refractivity contribution in [3.63, 3.8) is 0 Å². The monoisotopic (exact) mass is 189 g/mol. The van der Waals surface area contributed by atoms with E-state index in [1.807, 2.05) is 12.1 Å². The number of carbonyl (C=O) groups is 1. The molecule has 1 aromatic heterocycles. The molecular weight excluding hydrogens is 182 g/mol. The Balaban J connectivity index is 2.56. The summed E-state index contributed by atoms with van der Waals surface area (Å²) in [6.45, 7) is 0. The molecule has 1 heterocycles. The SMILES string of the molecule is COC(=O)c1nnc2ccccc2n1. The zero-order valence-corrected chi connectivity index (χ0v) is 7.47. The molecule has 5 nitrogen and oxygen atoms in total. The zero-order valence-electron chi connectivity index (χ0n) is 7.47. The van der Waals surface area contributed by atoms with Crippen molar-refractivity contribution in [2.75, 3.05) is 7.11 Å². The van der Waals surface area contributed by atoms with Gasteiger partial charge in [0.05, 0.1) is 12.6 Å². The Morgan fingerprint density at radius 3 is 2.64 bits per heavy atom. The second-order valence-electron chi connectivity index (χ2n) is 2.62. The quantitative estimate of drug-likeness (QED) is 0.621. The maximum absolute atomic E-state index is 11.1. The fourth-order valence-corrected chi connectivity index (χ4v) is 1.06. The van der Waals surface area contributed by atoms with Gasteiger partial charge in [-0.1, -0.05) is 12.1 Å². The van der Waals surface area contributed by atoms with Crippen LogP contribution in [0.15, 0.2) is 24.3 Å². The van der Waals surface area contributed by atoms with Crippen molar-refractivity contribution in [2.24, 2.45) is 0 Å². The van der Waals surface area contributed by atoms with Gasteiger partial charge in [-0.25, -0.2) is 9.78 Å². The second kappa shape index (κ2) is 3.37. The van der Waals surface area contributed by atoms with E-state index >= 15 is 0 Å². The van der Waals surface area contributed by atoms with Crippen molar-refractivity contribution in [1.29, 1.82) is 0 Å². The molecular formula is C9H7N3O2. The predicted molar refractivity (Wildman–Crippen MR) is 48.7 cm³/mol. The number of nitrogens with zero attached hydrogens (tertiary/aromatic N) is 3. The summed E-state index contributed by atoms with van der Waals surface area (Å²) in [4.78, 5) is 15.1. The van der Waals surface area contributed by atoms with Crippen molar-refractivity contribution in [3.05, 3.63) is 30.1 Å². The van der Waals surface area contributed by atoms with Gasteiger partial charge in [-0.05, 0) is 12.1 Å². The summed E-state index contributed by atoms with van der Waals surface area (Å²) in [5.74, 6) is -0.602. The molecule has 0 N–H and O–H groups in total. The van der Waals surface area contributed by atoms with Gasteiger partial charge in [0.25, 0.3) is 5.82 Å². The number of methoxy groups -OCH3 is 1. The van der Waals surface area contributed by atoms with E-state index in [2.05, 4.69) is 19.9 Å². The number of hydrogen-bond acceptors (Lipinski definition) is 5. The maximum atomic E-state index is 11.1. The Bertz CT molecular complexity index is 484. The van der Waals surface area contributed by atoms with E-state index in [1.54, 1.807) is 12.1 Å². The lowest BCUT2D eigenvalue weighted by Gasteiger charge is -1.97. The highest BCUT2D eigenvalue weighted by atomic mass is 16.5. The molecule has 1 aromatic carbocycles. The molecule has 0 aliphatic rings. The molecule has 0 unspecified atom stereocenters. The van der Waals surface area contributed by atoms with E-state index in [9.17, 15) is 4.79 Å². The minimum absolute atomic E-state index is 0.0220. The Hall–Kier alpha value is -2.04. The van der Waals surface area contributed by atoms with Crippen LogP contribution in [0.5, 0.6) is 0 Å². The summed E-state index contributed by atoms with van der Waals surface area (Å²) >= 11 is 0. The number of ether oxygens (including phenoxy) is 1. The lowest BCUT2D eigenvalue weighted by molar-refractivity contribution is 0.0586. The molecule has 2 aromatic rings. The molecule has 0 atom stereocenters. The van der Waals surface area contributed by atoms with Crippen LogP contribution in [0.1, 0.15) is 10.6 Å². The van der Waals surface area contributed by atoms with Crippen LogP contribution >= 0.6 is 0 Å². The minimum Gasteiger partial charge on any atom is -0.463 e. The fourth-order valence-electron chi connectivity index (χ4n) is 1.06. The van der Waals surface area contributed by atoms with Gasteiger partial charge in [0, 0.05) is 0 Å². The number of esters is 1. The Labute approximate surface area is 79.7 Å². The van der Waals surface area contributed by atoms with Gasteiger partial charge in [0.2, 0.25) is 0 Å². The van der Waals surface area contributed by atoms with Gasteiger partial charge in [0.15, 0.2) is 0 Å². The van der Waals surface area contributed by atoms with Crippen LogP contribution in [0.4, 0.5) is 0 Å². The number of fused-ring (bicyclic) bond motifs is 1. The van der Waals surface area contributed by atoms with Crippen LogP contribution < -0.4 is 0 Å². The normalized spacial score (nSPS) is 10.1. The first-order valence-corrected chi connectivity index (χ1v) is 3.99. The van der Waals surface area contributed by atoms with E-state index in [0.717, 1.165) is 0 Å².